The number of rotatable bonds is 28. The highest BCUT2D eigenvalue weighted by Crippen LogP contribution is 2.42. The summed E-state index contributed by atoms with van der Waals surface area (Å²) < 4.78 is 12.2. The number of benzene rings is 6. The molecule has 76 heavy (non-hydrogen) atoms. The van der Waals surface area contributed by atoms with Crippen LogP contribution in [0.1, 0.15) is 147 Å². The van der Waals surface area contributed by atoms with Gasteiger partial charge in [-0.15, -0.1) is 36.7 Å². The fourth-order valence-corrected chi connectivity index (χ4v) is 10.4. The Bertz CT molecular complexity index is 2510. The predicted molar refractivity (Wildman–Crippen MR) is 339 cm³/mol. The highest BCUT2D eigenvalue weighted by Gasteiger charge is 2.23. The number of unbranched alkanes of at least 4 members (excludes halogenated alkanes) is 2. The highest BCUT2D eigenvalue weighted by molar-refractivity contribution is 8.24. The monoisotopic (exact) mass is 1090 g/mol. The molecule has 8 heteroatoms. The molecule has 6 aromatic carbocycles. The van der Waals surface area contributed by atoms with Crippen molar-refractivity contribution in [1.29, 1.82) is 0 Å². The van der Waals surface area contributed by atoms with Crippen LogP contribution in [0.5, 0.6) is 0 Å². The third-order valence-corrected chi connectivity index (χ3v) is 15.3. The van der Waals surface area contributed by atoms with Gasteiger partial charge >= 0.3 is 11.9 Å². The summed E-state index contributed by atoms with van der Waals surface area (Å²) in [5.74, 6) is 0.768. The molecule has 0 N–H and O–H groups in total. The molecule has 0 saturated heterocycles. The summed E-state index contributed by atoms with van der Waals surface area (Å²) in [5.41, 5.74) is 10.0. The van der Waals surface area contributed by atoms with Crippen LogP contribution in [0.15, 0.2) is 202 Å². The maximum absolute atomic E-state index is 12.3. The molecule has 0 aliphatic carbocycles. The first-order valence-corrected chi connectivity index (χ1v) is 29.7. The van der Waals surface area contributed by atoms with Gasteiger partial charge in [-0.2, -0.15) is 0 Å². The summed E-state index contributed by atoms with van der Waals surface area (Å²) in [4.78, 5) is 23.6. The van der Waals surface area contributed by atoms with E-state index in [1.54, 1.807) is 11.8 Å². The molecule has 4 nitrogen and oxygen atoms in total. The molecule has 2 unspecified atom stereocenters. The molecule has 6 rings (SSSR count). The summed E-state index contributed by atoms with van der Waals surface area (Å²) in [6.07, 6.45) is 18.6. The normalized spacial score (nSPS) is 11.0. The zero-order valence-electron chi connectivity index (χ0n) is 45.5. The molecule has 402 valence electrons. The highest BCUT2D eigenvalue weighted by atomic mass is 32.2. The quantitative estimate of drug-likeness (QED) is 0.0208. The molecule has 2 atom stereocenters. The van der Waals surface area contributed by atoms with Crippen LogP contribution in [0.2, 0.25) is 0 Å². The standard InChI is InChI=1S/C34H40O2S2.C14H18O2S2.C12H16.C8H8/c1-3-5-14-27-21-23-28(24-22-27)31(19-13-20-33(35)36-25-6-4-2)26-32(29-15-9-7-10-16-29)38-34(37)30-17-11-8-12-18-30;1-2-3-10-16-13(15)9-11-18-14(17)12-7-5-4-6-8-12;1-3-5-6-12-9-7-11(4-2)8-10-12;1-2-8-6-4-3-5-7-8/h3,7-12,15-18,21-24,31-32H,1,4-6,13-14,19-20,25-26H2,2H3;4-8H,2-3,9-11H2,1H3;3,7-10H,1,4-6H2,2H3;2-7H,1H2. The summed E-state index contributed by atoms with van der Waals surface area (Å²) in [5, 5.41) is 0.214. The van der Waals surface area contributed by atoms with Gasteiger partial charge in [0.05, 0.1) is 28.0 Å². The number of thiocarbonyl (C=S) groups is 2. The van der Waals surface area contributed by atoms with E-state index in [-0.39, 0.29) is 17.2 Å². The van der Waals surface area contributed by atoms with Crippen molar-refractivity contribution in [3.8, 4) is 0 Å². The second-order valence-corrected chi connectivity index (χ2v) is 21.7. The first-order chi connectivity index (χ1) is 37.1. The largest absolute Gasteiger partial charge is 0.466 e. The Hall–Kier alpha value is -5.64. The van der Waals surface area contributed by atoms with E-state index in [0.29, 0.717) is 37.7 Å². The van der Waals surface area contributed by atoms with Crippen molar-refractivity contribution in [2.45, 2.75) is 122 Å². The van der Waals surface area contributed by atoms with Gasteiger partial charge < -0.3 is 9.47 Å². The molecule has 0 amide bonds. The zero-order valence-corrected chi connectivity index (χ0v) is 48.7. The first kappa shape index (κ1) is 64.6. The molecular formula is C68H82O4S4. The number of thioether (sulfide) groups is 2. The van der Waals surface area contributed by atoms with Gasteiger partial charge in [0.15, 0.2) is 0 Å². The van der Waals surface area contributed by atoms with Gasteiger partial charge in [-0.05, 0) is 115 Å². The minimum atomic E-state index is -0.133. The number of carbonyl (C=O) groups excluding carboxylic acids is 2. The minimum absolute atomic E-state index is 0.0868. The summed E-state index contributed by atoms with van der Waals surface area (Å²) in [6, 6.07) is 58.7. The number of allylic oxidation sites excluding steroid dienone is 2. The van der Waals surface area contributed by atoms with E-state index < -0.39 is 0 Å². The van der Waals surface area contributed by atoms with Crippen LogP contribution in [-0.4, -0.2) is 39.3 Å². The summed E-state index contributed by atoms with van der Waals surface area (Å²) in [7, 11) is 0. The molecule has 0 fully saturated rings. The minimum Gasteiger partial charge on any atom is -0.466 e. The third-order valence-electron chi connectivity index (χ3n) is 12.1. The maximum Gasteiger partial charge on any atom is 0.306 e. The van der Waals surface area contributed by atoms with Crippen molar-refractivity contribution >= 4 is 74.4 Å². The van der Waals surface area contributed by atoms with Gasteiger partial charge in [-0.25, -0.2) is 0 Å². The number of aryl methyl sites for hydroxylation is 3. The average Bonchev–Trinajstić information content (AvgIpc) is 3.47. The number of ether oxygens (including phenoxy) is 2. The van der Waals surface area contributed by atoms with E-state index >= 15 is 0 Å². The Kier molecular flexibility index (Phi) is 35.3. The topological polar surface area (TPSA) is 52.6 Å². The van der Waals surface area contributed by atoms with Gasteiger partial charge in [0.2, 0.25) is 0 Å². The Morgan fingerprint density at radius 1 is 0.539 bits per heavy atom. The third kappa shape index (κ3) is 28.5. The number of hydrogen-bond donors (Lipinski definition) is 0. The van der Waals surface area contributed by atoms with Crippen LogP contribution in [-0.2, 0) is 38.3 Å². The van der Waals surface area contributed by atoms with Crippen LogP contribution in [0.25, 0.3) is 6.08 Å². The SMILES string of the molecule is C=CCCc1ccc(C(CCCC(=O)OCCCC)CC(SC(=S)c2ccccc2)c2ccccc2)cc1.C=CCCc1ccc(CC)cc1.C=Cc1ccccc1.CCCCOC(=O)CCSC(=S)c1ccccc1. The molecule has 0 aliphatic heterocycles. The maximum atomic E-state index is 12.3. The van der Waals surface area contributed by atoms with Crippen LogP contribution in [0.3, 0.4) is 0 Å². The lowest BCUT2D eigenvalue weighted by molar-refractivity contribution is -0.144. The van der Waals surface area contributed by atoms with Gasteiger partial charge in [0, 0.05) is 17.4 Å². The molecule has 0 aromatic heterocycles. The van der Waals surface area contributed by atoms with Crippen molar-refractivity contribution in [3.05, 3.63) is 246 Å². The first-order valence-electron chi connectivity index (χ1n) is 27.0. The fourth-order valence-electron chi connectivity index (χ4n) is 7.58. The molecule has 0 aliphatic rings. The Balaban J connectivity index is 0.000000325. The van der Waals surface area contributed by atoms with Crippen molar-refractivity contribution in [3.63, 3.8) is 0 Å². The van der Waals surface area contributed by atoms with Crippen LogP contribution in [0.4, 0.5) is 0 Å². The molecule has 0 radical (unpaired) electrons. The average molecular weight is 1090 g/mol. The number of carbonyl (C=O) groups is 2. The lowest BCUT2D eigenvalue weighted by Gasteiger charge is -2.25. The smallest absolute Gasteiger partial charge is 0.306 e. The van der Waals surface area contributed by atoms with Crippen LogP contribution < -0.4 is 0 Å². The van der Waals surface area contributed by atoms with Gasteiger partial charge in [0.1, 0.15) is 0 Å². The summed E-state index contributed by atoms with van der Waals surface area (Å²) in [6.45, 7) is 18.6. The van der Waals surface area contributed by atoms with Crippen LogP contribution in [0, 0.1) is 0 Å². The number of esters is 2. The fraction of sp³-hybridized carbons (Fsp3) is 0.324. The van der Waals surface area contributed by atoms with Crippen molar-refractivity contribution in [2.75, 3.05) is 19.0 Å². The van der Waals surface area contributed by atoms with E-state index in [1.165, 1.54) is 45.1 Å². The van der Waals surface area contributed by atoms with Gasteiger partial charge in [-0.1, -0.05) is 253 Å². The van der Waals surface area contributed by atoms with Crippen molar-refractivity contribution in [1.82, 2.24) is 0 Å². The molecule has 0 bridgehead atoms. The number of hydrogen-bond acceptors (Lipinski definition) is 8. The van der Waals surface area contributed by atoms with Crippen molar-refractivity contribution < 1.29 is 19.1 Å². The molecule has 0 spiro atoms. The van der Waals surface area contributed by atoms with E-state index in [4.69, 9.17) is 33.9 Å². The lowest BCUT2D eigenvalue weighted by Crippen LogP contribution is -2.10. The molecule has 0 saturated carbocycles. The second-order valence-electron chi connectivity index (χ2n) is 18.1. The van der Waals surface area contributed by atoms with Crippen LogP contribution >= 0.6 is 48.0 Å². The van der Waals surface area contributed by atoms with Crippen molar-refractivity contribution in [2.24, 2.45) is 0 Å². The summed E-state index contributed by atoms with van der Waals surface area (Å²) >= 11 is 14.5. The Morgan fingerprint density at radius 2 is 1.00 bits per heavy atom. The second kappa shape index (κ2) is 41.5. The van der Waals surface area contributed by atoms with E-state index in [2.05, 4.69) is 132 Å². The molecule has 0 heterocycles. The van der Waals surface area contributed by atoms with E-state index in [0.717, 1.165) is 96.6 Å². The van der Waals surface area contributed by atoms with Gasteiger partial charge in [0.25, 0.3) is 0 Å². The Labute approximate surface area is 477 Å². The zero-order chi connectivity index (χ0) is 54.9. The van der Waals surface area contributed by atoms with Gasteiger partial charge in [-0.3, -0.25) is 9.59 Å². The lowest BCUT2D eigenvalue weighted by atomic mass is 9.87. The molecule has 6 aromatic rings. The molecular weight excluding hydrogens is 1010 g/mol. The van der Waals surface area contributed by atoms with E-state index in [1.807, 2.05) is 97.1 Å². The Morgan fingerprint density at radius 3 is 1.47 bits per heavy atom. The van der Waals surface area contributed by atoms with E-state index in [9.17, 15) is 9.59 Å². The predicted octanol–water partition coefficient (Wildman–Crippen LogP) is 19.2.